The lowest BCUT2D eigenvalue weighted by molar-refractivity contribution is -0.132. The number of rotatable bonds is 2. The number of hydrogen-bond acceptors (Lipinski definition) is 1. The Kier molecular flexibility index (Phi) is 4.18. The summed E-state index contributed by atoms with van der Waals surface area (Å²) in [5.41, 5.74) is 3.82. The zero-order valence-corrected chi connectivity index (χ0v) is 16.4. The third-order valence-electron chi connectivity index (χ3n) is 8.81. The molecule has 0 amide bonds. The maximum absolute atomic E-state index is 12.6. The second-order valence-corrected chi connectivity index (χ2v) is 9.85. The summed E-state index contributed by atoms with van der Waals surface area (Å²) in [5, 5.41) is 0. The number of carbonyl (C=O) groups excluding carboxylic acids is 1. The molecule has 0 N–H and O–H groups in total. The Labute approximate surface area is 154 Å². The van der Waals surface area contributed by atoms with Gasteiger partial charge in [-0.1, -0.05) is 38.3 Å². The van der Waals surface area contributed by atoms with Crippen molar-refractivity contribution >= 4 is 5.78 Å². The zero-order valence-electron chi connectivity index (χ0n) is 16.4. The topological polar surface area (TPSA) is 17.1 Å². The molecule has 136 valence electrons. The van der Waals surface area contributed by atoms with Gasteiger partial charge >= 0.3 is 0 Å². The van der Waals surface area contributed by atoms with E-state index < -0.39 is 0 Å². The summed E-state index contributed by atoms with van der Waals surface area (Å²) in [5.74, 6) is 6.23. The highest BCUT2D eigenvalue weighted by molar-refractivity contribution is 5.87. The van der Waals surface area contributed by atoms with Gasteiger partial charge in [0.2, 0.25) is 0 Å². The SMILES string of the molecule is C#CC1CC[C@@]2(C)C(=C(CCC)C[C@@H]3[C@H]2CC[C@]2(C)C(=O)CC[C@@H]32)C1. The Morgan fingerprint density at radius 2 is 1.80 bits per heavy atom. The van der Waals surface area contributed by atoms with Gasteiger partial charge in [-0.2, -0.15) is 0 Å². The predicted octanol–water partition coefficient (Wildman–Crippen LogP) is 5.94. The van der Waals surface area contributed by atoms with Crippen molar-refractivity contribution in [3.05, 3.63) is 11.1 Å². The third kappa shape index (κ3) is 2.39. The predicted molar refractivity (Wildman–Crippen MR) is 103 cm³/mol. The Bertz CT molecular complexity index is 649. The van der Waals surface area contributed by atoms with Crippen LogP contribution in [0.5, 0.6) is 0 Å². The molecule has 0 aromatic carbocycles. The largest absolute Gasteiger partial charge is 0.299 e. The summed E-state index contributed by atoms with van der Waals surface area (Å²) in [6.07, 6.45) is 17.5. The second kappa shape index (κ2) is 6.00. The van der Waals surface area contributed by atoms with E-state index in [1.807, 2.05) is 0 Å². The van der Waals surface area contributed by atoms with Gasteiger partial charge in [-0.3, -0.25) is 4.79 Å². The highest BCUT2D eigenvalue weighted by Crippen LogP contribution is 2.65. The van der Waals surface area contributed by atoms with Gasteiger partial charge in [-0.05, 0) is 74.5 Å². The minimum absolute atomic E-state index is 0.0115. The van der Waals surface area contributed by atoms with Crippen molar-refractivity contribution in [1.29, 1.82) is 0 Å². The van der Waals surface area contributed by atoms with E-state index >= 15 is 0 Å². The molecule has 4 aliphatic rings. The maximum Gasteiger partial charge on any atom is 0.139 e. The summed E-state index contributed by atoms with van der Waals surface area (Å²) in [4.78, 5) is 12.6. The fourth-order valence-corrected chi connectivity index (χ4v) is 7.40. The van der Waals surface area contributed by atoms with Crippen molar-refractivity contribution in [2.24, 2.45) is 34.5 Å². The molecular weight excluding hydrogens is 304 g/mol. The van der Waals surface area contributed by atoms with E-state index in [9.17, 15) is 4.79 Å². The summed E-state index contributed by atoms with van der Waals surface area (Å²) in [6.45, 7) is 7.16. The number of Topliss-reactive ketones (excluding diaryl/α,β-unsaturated/α-hetero) is 1. The van der Waals surface area contributed by atoms with Gasteiger partial charge in [0, 0.05) is 17.8 Å². The van der Waals surface area contributed by atoms with Gasteiger partial charge in [0.1, 0.15) is 5.78 Å². The monoisotopic (exact) mass is 338 g/mol. The van der Waals surface area contributed by atoms with E-state index in [2.05, 4.69) is 26.7 Å². The van der Waals surface area contributed by atoms with Crippen LogP contribution < -0.4 is 0 Å². The molecule has 6 atom stereocenters. The van der Waals surface area contributed by atoms with Gasteiger partial charge < -0.3 is 0 Å². The van der Waals surface area contributed by atoms with E-state index in [1.54, 1.807) is 11.1 Å². The number of terminal acetylenes is 1. The smallest absolute Gasteiger partial charge is 0.139 e. The minimum Gasteiger partial charge on any atom is -0.299 e. The summed E-state index contributed by atoms with van der Waals surface area (Å²) >= 11 is 0. The van der Waals surface area contributed by atoms with Gasteiger partial charge in [-0.15, -0.1) is 12.3 Å². The van der Waals surface area contributed by atoms with Gasteiger partial charge in [0.05, 0.1) is 0 Å². The molecule has 1 unspecified atom stereocenters. The van der Waals surface area contributed by atoms with Gasteiger partial charge in [0.25, 0.3) is 0 Å². The lowest BCUT2D eigenvalue weighted by Gasteiger charge is -2.58. The van der Waals surface area contributed by atoms with Crippen LogP contribution in [0.3, 0.4) is 0 Å². The Balaban J connectivity index is 1.75. The van der Waals surface area contributed by atoms with Crippen molar-refractivity contribution < 1.29 is 4.79 Å². The molecule has 0 aliphatic heterocycles. The molecule has 1 nitrogen and oxygen atoms in total. The normalized spacial score (nSPS) is 46.2. The number of hydrogen-bond donors (Lipinski definition) is 0. The summed E-state index contributed by atoms with van der Waals surface area (Å²) in [6, 6.07) is 0. The second-order valence-electron chi connectivity index (χ2n) is 9.85. The first-order valence-electron chi connectivity index (χ1n) is 10.6. The molecule has 1 heteroatoms. The van der Waals surface area contributed by atoms with Crippen LogP contribution >= 0.6 is 0 Å². The zero-order chi connectivity index (χ0) is 17.8. The van der Waals surface area contributed by atoms with Crippen LogP contribution in [-0.2, 0) is 4.79 Å². The molecule has 0 heterocycles. The summed E-state index contributed by atoms with van der Waals surface area (Å²) in [7, 11) is 0. The van der Waals surface area contributed by atoms with Crippen LogP contribution in [-0.4, -0.2) is 5.78 Å². The van der Waals surface area contributed by atoms with E-state index in [0.29, 0.717) is 23.0 Å². The number of allylic oxidation sites excluding steroid dienone is 2. The van der Waals surface area contributed by atoms with Gasteiger partial charge in [-0.25, -0.2) is 0 Å². The first-order chi connectivity index (χ1) is 11.9. The molecule has 0 spiro atoms. The Hall–Kier alpha value is -1.03. The first kappa shape index (κ1) is 17.4. The van der Waals surface area contributed by atoms with Crippen LogP contribution in [0, 0.1) is 46.8 Å². The molecule has 3 fully saturated rings. The molecule has 4 rings (SSSR count). The standard InChI is InChI=1S/C24H34O/c1-5-7-17-15-18-19-8-9-22(25)24(19,4)13-11-20(18)23(3)12-10-16(6-2)14-21(17)23/h2,16,18-20H,5,7-15H2,1,3-4H3/t16?,18-,19-,20+,23+,24-/m0/s1. The molecule has 25 heavy (non-hydrogen) atoms. The molecule has 0 bridgehead atoms. The summed E-state index contributed by atoms with van der Waals surface area (Å²) < 4.78 is 0. The van der Waals surface area contributed by atoms with Crippen molar-refractivity contribution in [3.8, 4) is 12.3 Å². The van der Waals surface area contributed by atoms with Crippen molar-refractivity contribution in [2.75, 3.05) is 0 Å². The van der Waals surface area contributed by atoms with E-state index in [4.69, 9.17) is 6.42 Å². The molecule has 0 aromatic rings. The lowest BCUT2D eigenvalue weighted by Crippen LogP contribution is -2.51. The molecular formula is C24H34O. The first-order valence-corrected chi connectivity index (χ1v) is 10.6. The van der Waals surface area contributed by atoms with Crippen LogP contribution in [0.2, 0.25) is 0 Å². The Morgan fingerprint density at radius 3 is 2.52 bits per heavy atom. The molecule has 3 saturated carbocycles. The van der Waals surface area contributed by atoms with Crippen molar-refractivity contribution in [1.82, 2.24) is 0 Å². The number of fused-ring (bicyclic) bond motifs is 5. The quantitative estimate of drug-likeness (QED) is 0.450. The average molecular weight is 339 g/mol. The van der Waals surface area contributed by atoms with E-state index in [0.717, 1.165) is 37.5 Å². The fourth-order valence-electron chi connectivity index (χ4n) is 7.40. The molecule has 0 saturated heterocycles. The number of carbonyl (C=O) groups is 1. The van der Waals surface area contributed by atoms with Crippen LogP contribution in [0.4, 0.5) is 0 Å². The minimum atomic E-state index is -0.0115. The van der Waals surface area contributed by atoms with Crippen LogP contribution in [0.15, 0.2) is 11.1 Å². The van der Waals surface area contributed by atoms with Crippen molar-refractivity contribution in [2.45, 2.75) is 85.0 Å². The maximum atomic E-state index is 12.6. The van der Waals surface area contributed by atoms with Crippen LogP contribution in [0.1, 0.15) is 85.0 Å². The third-order valence-corrected chi connectivity index (χ3v) is 8.81. The lowest BCUT2D eigenvalue weighted by atomic mass is 9.46. The highest BCUT2D eigenvalue weighted by atomic mass is 16.1. The van der Waals surface area contributed by atoms with E-state index in [1.165, 1.54) is 38.5 Å². The average Bonchev–Trinajstić information content (AvgIpc) is 2.90. The number of ketones is 1. The van der Waals surface area contributed by atoms with E-state index in [-0.39, 0.29) is 5.41 Å². The molecule has 0 aromatic heterocycles. The molecule has 4 aliphatic carbocycles. The van der Waals surface area contributed by atoms with Crippen LogP contribution in [0.25, 0.3) is 0 Å². The highest BCUT2D eigenvalue weighted by Gasteiger charge is 2.59. The van der Waals surface area contributed by atoms with Crippen molar-refractivity contribution in [3.63, 3.8) is 0 Å². The fraction of sp³-hybridized carbons (Fsp3) is 0.792. The molecule has 0 radical (unpaired) electrons. The Morgan fingerprint density at radius 1 is 1.08 bits per heavy atom. The van der Waals surface area contributed by atoms with Gasteiger partial charge in [0.15, 0.2) is 0 Å².